The lowest BCUT2D eigenvalue weighted by atomic mass is 9.86. The van der Waals surface area contributed by atoms with Crippen LogP contribution < -0.4 is 5.32 Å². The topological polar surface area (TPSA) is 12.0 Å². The molecule has 0 fully saturated rings. The van der Waals surface area contributed by atoms with E-state index in [0.29, 0.717) is 5.92 Å². The van der Waals surface area contributed by atoms with E-state index in [1.54, 1.807) is 0 Å². The van der Waals surface area contributed by atoms with Crippen molar-refractivity contribution in [2.45, 2.75) is 25.2 Å². The van der Waals surface area contributed by atoms with E-state index in [-0.39, 0.29) is 0 Å². The molecule has 0 amide bonds. The molecule has 3 rings (SSSR count). The van der Waals surface area contributed by atoms with Crippen molar-refractivity contribution in [3.05, 3.63) is 70.8 Å². The van der Waals surface area contributed by atoms with Crippen LogP contribution in [0.4, 0.5) is 0 Å². The molecule has 0 saturated heterocycles. The molecule has 0 bridgehead atoms. The summed E-state index contributed by atoms with van der Waals surface area (Å²) >= 11 is 0. The van der Waals surface area contributed by atoms with Crippen LogP contribution in [0, 0.1) is 0 Å². The van der Waals surface area contributed by atoms with E-state index in [9.17, 15) is 0 Å². The molecule has 0 unspecified atom stereocenters. The van der Waals surface area contributed by atoms with Gasteiger partial charge in [-0.15, -0.1) is 0 Å². The van der Waals surface area contributed by atoms with Crippen molar-refractivity contribution in [2.75, 3.05) is 13.6 Å². The lowest BCUT2D eigenvalue weighted by molar-refractivity contribution is 0.659. The second kappa shape index (κ2) is 5.58. The zero-order valence-electron chi connectivity index (χ0n) is 11.5. The van der Waals surface area contributed by atoms with Crippen LogP contribution in [0.15, 0.2) is 48.5 Å². The van der Waals surface area contributed by atoms with Crippen LogP contribution in [0.3, 0.4) is 0 Å². The highest BCUT2D eigenvalue weighted by atomic mass is 14.8. The van der Waals surface area contributed by atoms with E-state index in [1.807, 2.05) is 7.05 Å². The summed E-state index contributed by atoms with van der Waals surface area (Å²) in [6.45, 7) is 1.06. The maximum atomic E-state index is 3.30. The summed E-state index contributed by atoms with van der Waals surface area (Å²) in [5.74, 6) is 0.544. The molecule has 1 heteroatoms. The highest BCUT2D eigenvalue weighted by Crippen LogP contribution is 2.35. The van der Waals surface area contributed by atoms with E-state index < -0.39 is 0 Å². The monoisotopic (exact) mass is 251 g/mol. The summed E-state index contributed by atoms with van der Waals surface area (Å²) in [6, 6.07) is 17.9. The minimum Gasteiger partial charge on any atom is -0.320 e. The first-order valence-electron chi connectivity index (χ1n) is 7.20. The van der Waals surface area contributed by atoms with Crippen molar-refractivity contribution >= 4 is 0 Å². The number of hydrogen-bond donors (Lipinski definition) is 1. The van der Waals surface area contributed by atoms with Crippen LogP contribution in [0.25, 0.3) is 0 Å². The molecule has 0 atom stereocenters. The predicted molar refractivity (Wildman–Crippen MR) is 80.7 cm³/mol. The van der Waals surface area contributed by atoms with Crippen LogP contribution in [-0.4, -0.2) is 13.6 Å². The average molecular weight is 251 g/mol. The fourth-order valence-electron chi connectivity index (χ4n) is 3.24. The maximum absolute atomic E-state index is 3.30. The van der Waals surface area contributed by atoms with Crippen molar-refractivity contribution in [3.8, 4) is 0 Å². The minimum atomic E-state index is 0.544. The van der Waals surface area contributed by atoms with E-state index in [0.717, 1.165) is 6.54 Å². The van der Waals surface area contributed by atoms with E-state index in [4.69, 9.17) is 0 Å². The quantitative estimate of drug-likeness (QED) is 0.880. The van der Waals surface area contributed by atoms with Gasteiger partial charge >= 0.3 is 0 Å². The molecule has 98 valence electrons. The second-order valence-electron chi connectivity index (χ2n) is 5.34. The molecular weight excluding hydrogens is 230 g/mol. The lowest BCUT2D eigenvalue weighted by Crippen LogP contribution is -2.14. The Hall–Kier alpha value is -1.60. The zero-order valence-corrected chi connectivity index (χ0v) is 11.5. The third-order valence-corrected chi connectivity index (χ3v) is 4.21. The number of benzene rings is 2. The number of hydrogen-bond acceptors (Lipinski definition) is 1. The second-order valence-corrected chi connectivity index (χ2v) is 5.34. The van der Waals surface area contributed by atoms with Gasteiger partial charge < -0.3 is 5.32 Å². The van der Waals surface area contributed by atoms with E-state index >= 15 is 0 Å². The maximum Gasteiger partial charge on any atom is 0.0107 e. The Morgan fingerprint density at radius 3 is 1.95 bits per heavy atom. The third kappa shape index (κ3) is 2.43. The number of rotatable bonds is 3. The van der Waals surface area contributed by atoms with Crippen LogP contribution in [0.1, 0.15) is 34.6 Å². The molecule has 19 heavy (non-hydrogen) atoms. The lowest BCUT2D eigenvalue weighted by Gasteiger charge is -2.20. The summed E-state index contributed by atoms with van der Waals surface area (Å²) in [5, 5.41) is 3.30. The molecule has 0 radical (unpaired) electrons. The first-order valence-corrected chi connectivity index (χ1v) is 7.20. The normalized spacial score (nSPS) is 14.6. The molecule has 0 saturated carbocycles. The van der Waals surface area contributed by atoms with Crippen molar-refractivity contribution in [2.24, 2.45) is 0 Å². The molecule has 1 aliphatic carbocycles. The van der Waals surface area contributed by atoms with Crippen molar-refractivity contribution < 1.29 is 0 Å². The predicted octanol–water partition coefficient (Wildman–Crippen LogP) is 3.53. The van der Waals surface area contributed by atoms with Gasteiger partial charge in [0.25, 0.3) is 0 Å². The Bertz CT molecular complexity index is 512. The summed E-state index contributed by atoms with van der Waals surface area (Å²) in [5.41, 5.74) is 6.12. The standard InChI is InChI=1S/C18H21N/c1-19-13-12-18-16-8-4-2-6-14(16)10-11-15-7-3-5-9-17(15)18/h2-9,18-19H,10-13H2,1H3. The van der Waals surface area contributed by atoms with Gasteiger partial charge in [0.05, 0.1) is 0 Å². The molecule has 1 N–H and O–H groups in total. The average Bonchev–Trinajstić information content (AvgIpc) is 2.62. The Kier molecular flexibility index (Phi) is 3.65. The SMILES string of the molecule is CNCCC1c2ccccc2CCc2ccccc21. The molecule has 0 spiro atoms. The van der Waals surface area contributed by atoms with Crippen molar-refractivity contribution in [1.82, 2.24) is 5.32 Å². The van der Waals surface area contributed by atoms with E-state index in [2.05, 4.69) is 53.8 Å². The molecule has 2 aromatic carbocycles. The molecule has 0 aliphatic heterocycles. The van der Waals surface area contributed by atoms with Crippen LogP contribution in [0.2, 0.25) is 0 Å². The van der Waals surface area contributed by atoms with E-state index in [1.165, 1.54) is 41.5 Å². The molecule has 1 aliphatic rings. The van der Waals surface area contributed by atoms with Gasteiger partial charge in [-0.1, -0.05) is 48.5 Å². The molecule has 2 aromatic rings. The van der Waals surface area contributed by atoms with Crippen LogP contribution in [-0.2, 0) is 12.8 Å². The van der Waals surface area contributed by atoms with Gasteiger partial charge in [0.2, 0.25) is 0 Å². The fourth-order valence-corrected chi connectivity index (χ4v) is 3.24. The largest absolute Gasteiger partial charge is 0.320 e. The molecule has 0 heterocycles. The Morgan fingerprint density at radius 2 is 1.42 bits per heavy atom. The van der Waals surface area contributed by atoms with Crippen LogP contribution in [0.5, 0.6) is 0 Å². The first kappa shape index (κ1) is 12.4. The summed E-state index contributed by atoms with van der Waals surface area (Å²) in [4.78, 5) is 0. The summed E-state index contributed by atoms with van der Waals surface area (Å²) in [6.07, 6.45) is 3.51. The smallest absolute Gasteiger partial charge is 0.0107 e. The Labute approximate surface area is 115 Å². The Balaban J connectivity index is 2.08. The van der Waals surface area contributed by atoms with Gasteiger partial charge in [0, 0.05) is 5.92 Å². The van der Waals surface area contributed by atoms with Gasteiger partial charge in [-0.3, -0.25) is 0 Å². The van der Waals surface area contributed by atoms with Gasteiger partial charge in [0.1, 0.15) is 0 Å². The fraction of sp³-hybridized carbons (Fsp3) is 0.333. The number of nitrogens with one attached hydrogen (secondary N) is 1. The number of aryl methyl sites for hydroxylation is 2. The van der Waals surface area contributed by atoms with Gasteiger partial charge in [-0.05, 0) is 55.1 Å². The Morgan fingerprint density at radius 1 is 0.895 bits per heavy atom. The number of fused-ring (bicyclic) bond motifs is 2. The molecule has 0 aromatic heterocycles. The molecule has 1 nitrogen and oxygen atoms in total. The van der Waals surface area contributed by atoms with Crippen LogP contribution >= 0.6 is 0 Å². The third-order valence-electron chi connectivity index (χ3n) is 4.21. The van der Waals surface area contributed by atoms with Crippen molar-refractivity contribution in [3.63, 3.8) is 0 Å². The van der Waals surface area contributed by atoms with Gasteiger partial charge in [-0.2, -0.15) is 0 Å². The van der Waals surface area contributed by atoms with Gasteiger partial charge in [-0.25, -0.2) is 0 Å². The highest BCUT2D eigenvalue weighted by Gasteiger charge is 2.22. The summed E-state index contributed by atoms with van der Waals surface area (Å²) in [7, 11) is 2.04. The van der Waals surface area contributed by atoms with Gasteiger partial charge in [0.15, 0.2) is 0 Å². The first-order chi connectivity index (χ1) is 9.40. The minimum absolute atomic E-state index is 0.544. The summed E-state index contributed by atoms with van der Waals surface area (Å²) < 4.78 is 0. The zero-order chi connectivity index (χ0) is 13.1. The van der Waals surface area contributed by atoms with Crippen molar-refractivity contribution in [1.29, 1.82) is 0 Å². The highest BCUT2D eigenvalue weighted by molar-refractivity contribution is 5.44. The molecular formula is C18H21N.